The van der Waals surface area contributed by atoms with Crippen molar-refractivity contribution in [2.45, 2.75) is 12.8 Å². The molecule has 1 saturated heterocycles. The highest BCUT2D eigenvalue weighted by molar-refractivity contribution is 6.31. The van der Waals surface area contributed by atoms with Crippen LogP contribution in [-0.4, -0.2) is 18.8 Å². The molecule has 0 saturated carbocycles. The molecule has 1 fully saturated rings. The van der Waals surface area contributed by atoms with Gasteiger partial charge in [-0.1, -0.05) is 29.8 Å². The predicted octanol–water partition coefficient (Wildman–Crippen LogP) is 4.52. The van der Waals surface area contributed by atoms with Crippen LogP contribution >= 0.6 is 11.6 Å². The first-order chi connectivity index (χ1) is 10.8. The molecule has 0 unspecified atom stereocenters. The number of nitrogens with one attached hydrogen (secondary N) is 2. The number of anilines is 2. The van der Waals surface area contributed by atoms with Gasteiger partial charge in [0.2, 0.25) is 0 Å². The van der Waals surface area contributed by atoms with Crippen molar-refractivity contribution >= 4 is 34.4 Å². The zero-order chi connectivity index (χ0) is 14.9. The van der Waals surface area contributed by atoms with Crippen molar-refractivity contribution in [1.82, 2.24) is 5.32 Å². The van der Waals surface area contributed by atoms with Gasteiger partial charge in [0.1, 0.15) is 0 Å². The Balaban J connectivity index is 1.88. The number of benzene rings is 2. The van der Waals surface area contributed by atoms with Crippen LogP contribution in [0.4, 0.5) is 17.1 Å². The smallest absolute Gasteiger partial charge is 0.0882 e. The van der Waals surface area contributed by atoms with Gasteiger partial charge in [0, 0.05) is 22.2 Å². The van der Waals surface area contributed by atoms with Crippen molar-refractivity contribution in [2.75, 3.05) is 18.4 Å². The van der Waals surface area contributed by atoms with Gasteiger partial charge >= 0.3 is 0 Å². The molecule has 0 radical (unpaired) electrons. The van der Waals surface area contributed by atoms with Crippen LogP contribution in [0.3, 0.4) is 0 Å². The second-order valence-electron chi connectivity index (χ2n) is 5.85. The lowest BCUT2D eigenvalue weighted by molar-refractivity contribution is 0.457. The number of nitrogens with zero attached hydrogens (tertiary/aromatic N) is 1. The lowest BCUT2D eigenvalue weighted by Gasteiger charge is -2.24. The van der Waals surface area contributed by atoms with Gasteiger partial charge in [0.25, 0.3) is 0 Å². The second-order valence-corrected chi connectivity index (χ2v) is 6.29. The molecule has 0 amide bonds. The van der Waals surface area contributed by atoms with E-state index >= 15 is 0 Å². The maximum Gasteiger partial charge on any atom is 0.0882 e. The summed E-state index contributed by atoms with van der Waals surface area (Å²) in [5.74, 6) is 0.495. The molecule has 112 valence electrons. The summed E-state index contributed by atoms with van der Waals surface area (Å²) in [6.07, 6.45) is 2.26. The molecule has 4 rings (SSSR count). The third-order valence-corrected chi connectivity index (χ3v) is 4.63. The fraction of sp³-hybridized carbons (Fsp3) is 0.278. The van der Waals surface area contributed by atoms with Crippen LogP contribution in [0.1, 0.15) is 18.4 Å². The van der Waals surface area contributed by atoms with Crippen LogP contribution in [-0.2, 0) is 0 Å². The molecule has 4 heteroatoms. The zero-order valence-corrected chi connectivity index (χ0v) is 13.0. The van der Waals surface area contributed by atoms with Gasteiger partial charge in [-0.25, -0.2) is 0 Å². The van der Waals surface area contributed by atoms with Gasteiger partial charge in [0.05, 0.1) is 17.1 Å². The third-order valence-electron chi connectivity index (χ3n) is 4.40. The van der Waals surface area contributed by atoms with E-state index in [0.717, 1.165) is 48.0 Å². The quantitative estimate of drug-likeness (QED) is 0.812. The van der Waals surface area contributed by atoms with E-state index in [9.17, 15) is 0 Å². The second kappa shape index (κ2) is 5.75. The number of piperidine rings is 1. The van der Waals surface area contributed by atoms with Crippen molar-refractivity contribution in [2.24, 2.45) is 10.9 Å². The van der Waals surface area contributed by atoms with Crippen LogP contribution in [0.2, 0.25) is 5.02 Å². The molecule has 2 aliphatic heterocycles. The standard InChI is InChI=1S/C18H18ClN3/c19-13-5-6-16-17(11-13)22-18(12-7-9-20-10-8-12)14-3-1-2-4-15(14)21-16/h1-6,11-12,20-21H,7-10H2. The molecule has 0 bridgehead atoms. The minimum Gasteiger partial charge on any atom is -0.353 e. The van der Waals surface area contributed by atoms with E-state index in [1.54, 1.807) is 0 Å². The van der Waals surface area contributed by atoms with E-state index in [4.69, 9.17) is 16.6 Å². The molecule has 0 aromatic heterocycles. The summed E-state index contributed by atoms with van der Waals surface area (Å²) < 4.78 is 0. The van der Waals surface area contributed by atoms with E-state index in [0.29, 0.717) is 5.92 Å². The van der Waals surface area contributed by atoms with Crippen molar-refractivity contribution in [3.05, 3.63) is 53.1 Å². The Kier molecular flexibility index (Phi) is 3.60. The molecule has 0 atom stereocenters. The number of rotatable bonds is 1. The summed E-state index contributed by atoms with van der Waals surface area (Å²) in [5.41, 5.74) is 5.46. The SMILES string of the molecule is Clc1ccc2c(c1)N=C(C1CCNCC1)c1ccccc1N2. The minimum atomic E-state index is 0.495. The number of halogens is 1. The van der Waals surface area contributed by atoms with Crippen molar-refractivity contribution in [3.63, 3.8) is 0 Å². The van der Waals surface area contributed by atoms with Crippen LogP contribution < -0.4 is 10.6 Å². The van der Waals surface area contributed by atoms with Gasteiger partial charge in [-0.05, 0) is 50.2 Å². The molecular weight excluding hydrogens is 294 g/mol. The van der Waals surface area contributed by atoms with Crippen LogP contribution in [0.5, 0.6) is 0 Å². The lowest BCUT2D eigenvalue weighted by atomic mass is 9.88. The first kappa shape index (κ1) is 13.8. The van der Waals surface area contributed by atoms with E-state index in [2.05, 4.69) is 34.9 Å². The summed E-state index contributed by atoms with van der Waals surface area (Å²) in [5, 5.41) is 7.66. The molecule has 0 spiro atoms. The molecule has 2 aliphatic rings. The Bertz CT molecular complexity index is 733. The highest BCUT2D eigenvalue weighted by Gasteiger charge is 2.24. The van der Waals surface area contributed by atoms with Gasteiger partial charge in [-0.15, -0.1) is 0 Å². The Morgan fingerprint density at radius 2 is 1.82 bits per heavy atom. The molecule has 2 heterocycles. The van der Waals surface area contributed by atoms with Gasteiger partial charge < -0.3 is 10.6 Å². The van der Waals surface area contributed by atoms with Crippen molar-refractivity contribution in [3.8, 4) is 0 Å². The average Bonchev–Trinajstić information content (AvgIpc) is 2.72. The van der Waals surface area contributed by atoms with Crippen LogP contribution in [0.25, 0.3) is 0 Å². The average molecular weight is 312 g/mol. The largest absolute Gasteiger partial charge is 0.353 e. The maximum absolute atomic E-state index is 6.17. The molecule has 2 N–H and O–H groups in total. The Morgan fingerprint density at radius 1 is 1.00 bits per heavy atom. The first-order valence-corrected chi connectivity index (χ1v) is 8.14. The molecule has 0 aliphatic carbocycles. The Hall–Kier alpha value is -1.84. The monoisotopic (exact) mass is 311 g/mol. The molecule has 2 aromatic rings. The zero-order valence-electron chi connectivity index (χ0n) is 12.3. The van der Waals surface area contributed by atoms with E-state index in [1.807, 2.05) is 18.2 Å². The topological polar surface area (TPSA) is 36.4 Å². The molecule has 3 nitrogen and oxygen atoms in total. The van der Waals surface area contributed by atoms with Crippen molar-refractivity contribution < 1.29 is 0 Å². The van der Waals surface area contributed by atoms with E-state index < -0.39 is 0 Å². The summed E-state index contributed by atoms with van der Waals surface area (Å²) in [7, 11) is 0. The lowest BCUT2D eigenvalue weighted by Crippen LogP contribution is -2.32. The fourth-order valence-electron chi connectivity index (χ4n) is 3.26. The van der Waals surface area contributed by atoms with E-state index in [-0.39, 0.29) is 0 Å². The van der Waals surface area contributed by atoms with Crippen LogP contribution in [0.15, 0.2) is 47.5 Å². The summed E-state index contributed by atoms with van der Waals surface area (Å²) >= 11 is 6.17. The number of hydrogen-bond acceptors (Lipinski definition) is 3. The van der Waals surface area contributed by atoms with Crippen molar-refractivity contribution in [1.29, 1.82) is 0 Å². The number of fused-ring (bicyclic) bond motifs is 2. The number of aliphatic imine (C=N–C) groups is 1. The molecular formula is C18H18ClN3. The molecule has 2 aromatic carbocycles. The number of hydrogen-bond donors (Lipinski definition) is 2. The maximum atomic E-state index is 6.17. The van der Waals surface area contributed by atoms with Gasteiger partial charge in [0.15, 0.2) is 0 Å². The van der Waals surface area contributed by atoms with Crippen LogP contribution in [0, 0.1) is 5.92 Å². The Labute approximate surface area is 135 Å². The highest BCUT2D eigenvalue weighted by Crippen LogP contribution is 2.38. The normalized spacial score (nSPS) is 17.8. The third kappa shape index (κ3) is 2.51. The summed E-state index contributed by atoms with van der Waals surface area (Å²) in [6.45, 7) is 2.11. The van der Waals surface area contributed by atoms with Gasteiger partial charge in [-0.3, -0.25) is 4.99 Å². The first-order valence-electron chi connectivity index (χ1n) is 7.76. The summed E-state index contributed by atoms with van der Waals surface area (Å²) in [4.78, 5) is 5.01. The highest BCUT2D eigenvalue weighted by atomic mass is 35.5. The van der Waals surface area contributed by atoms with Gasteiger partial charge in [-0.2, -0.15) is 0 Å². The predicted molar refractivity (Wildman–Crippen MR) is 93.0 cm³/mol. The Morgan fingerprint density at radius 3 is 2.68 bits per heavy atom. The fourth-order valence-corrected chi connectivity index (χ4v) is 3.43. The minimum absolute atomic E-state index is 0.495. The summed E-state index contributed by atoms with van der Waals surface area (Å²) in [6, 6.07) is 14.3. The molecule has 22 heavy (non-hydrogen) atoms. The van der Waals surface area contributed by atoms with E-state index in [1.165, 1.54) is 11.3 Å². The number of para-hydroxylation sites is 1.